The molecule has 2 rings (SSSR count). The van der Waals surface area contributed by atoms with Gasteiger partial charge in [0.05, 0.1) is 0 Å². The van der Waals surface area contributed by atoms with E-state index in [4.69, 9.17) is 0 Å². The van der Waals surface area contributed by atoms with Crippen molar-refractivity contribution in [2.45, 2.75) is 20.3 Å². The molecule has 3 unspecified atom stereocenters. The predicted octanol–water partition coefficient (Wildman–Crippen LogP) is 1.60. The van der Waals surface area contributed by atoms with E-state index in [-0.39, 0.29) is 23.4 Å². The van der Waals surface area contributed by atoms with Gasteiger partial charge in [0.1, 0.15) is 11.6 Å². The first-order chi connectivity index (χ1) is 6.11. The van der Waals surface area contributed by atoms with Gasteiger partial charge in [-0.05, 0) is 32.1 Å². The summed E-state index contributed by atoms with van der Waals surface area (Å²) in [4.78, 5) is 22.7. The number of ketones is 2. The molecule has 0 saturated heterocycles. The van der Waals surface area contributed by atoms with E-state index in [1.807, 2.05) is 0 Å². The van der Waals surface area contributed by atoms with Crippen LogP contribution in [0.15, 0.2) is 12.2 Å². The third-order valence-electron chi connectivity index (χ3n) is 3.40. The molecule has 1 saturated carbocycles. The lowest BCUT2D eigenvalue weighted by atomic mass is 9.79. The number of Topliss-reactive ketones (excluding diaryl/α,β-unsaturated/α-hetero) is 2. The second-order valence-electron chi connectivity index (χ2n) is 4.22. The van der Waals surface area contributed by atoms with Gasteiger partial charge in [0.25, 0.3) is 0 Å². The normalized spacial score (nSPS) is 41.1. The number of allylic oxidation sites excluding steroid dienone is 2. The van der Waals surface area contributed by atoms with Crippen molar-refractivity contribution < 1.29 is 9.59 Å². The van der Waals surface area contributed by atoms with Crippen LogP contribution in [0.1, 0.15) is 20.3 Å². The zero-order valence-electron chi connectivity index (χ0n) is 7.99. The summed E-state index contributed by atoms with van der Waals surface area (Å²) in [5.41, 5.74) is 0. The average molecular weight is 178 g/mol. The van der Waals surface area contributed by atoms with Crippen LogP contribution in [-0.4, -0.2) is 11.6 Å². The molecular weight excluding hydrogens is 164 g/mol. The molecule has 0 radical (unpaired) electrons. The van der Waals surface area contributed by atoms with Crippen molar-refractivity contribution in [3.63, 3.8) is 0 Å². The number of fused-ring (bicyclic) bond motifs is 2. The fraction of sp³-hybridized carbons (Fsp3) is 0.636. The summed E-state index contributed by atoms with van der Waals surface area (Å²) in [5, 5.41) is 0. The third-order valence-corrected chi connectivity index (χ3v) is 3.40. The molecule has 0 N–H and O–H groups in total. The lowest BCUT2D eigenvalue weighted by Gasteiger charge is -2.23. The van der Waals surface area contributed by atoms with Gasteiger partial charge in [0.2, 0.25) is 0 Å². The molecule has 4 atom stereocenters. The largest absolute Gasteiger partial charge is 0.300 e. The minimum absolute atomic E-state index is 0.0208. The van der Waals surface area contributed by atoms with Gasteiger partial charge in [-0.1, -0.05) is 12.2 Å². The van der Waals surface area contributed by atoms with Crippen molar-refractivity contribution in [2.75, 3.05) is 0 Å². The van der Waals surface area contributed by atoms with E-state index in [1.165, 1.54) is 0 Å². The summed E-state index contributed by atoms with van der Waals surface area (Å²) < 4.78 is 0. The van der Waals surface area contributed by atoms with Gasteiger partial charge in [-0.25, -0.2) is 0 Å². The van der Waals surface area contributed by atoms with E-state index < -0.39 is 0 Å². The zero-order chi connectivity index (χ0) is 9.59. The Kier molecular flexibility index (Phi) is 1.86. The van der Waals surface area contributed by atoms with Crippen molar-refractivity contribution in [1.29, 1.82) is 0 Å². The smallest absolute Gasteiger partial charge is 0.134 e. The topological polar surface area (TPSA) is 34.1 Å². The molecule has 2 nitrogen and oxygen atoms in total. The monoisotopic (exact) mass is 178 g/mol. The highest BCUT2D eigenvalue weighted by atomic mass is 16.1. The molecule has 0 aromatic rings. The quantitative estimate of drug-likeness (QED) is 0.602. The molecular formula is C11H14O2. The summed E-state index contributed by atoms with van der Waals surface area (Å²) >= 11 is 0. The first-order valence-corrected chi connectivity index (χ1v) is 4.80. The van der Waals surface area contributed by atoms with Gasteiger partial charge in [0, 0.05) is 11.8 Å². The highest BCUT2D eigenvalue weighted by Crippen LogP contribution is 2.48. The molecule has 13 heavy (non-hydrogen) atoms. The van der Waals surface area contributed by atoms with E-state index in [2.05, 4.69) is 12.2 Å². The van der Waals surface area contributed by atoms with Crippen LogP contribution >= 0.6 is 0 Å². The second-order valence-corrected chi connectivity index (χ2v) is 4.22. The van der Waals surface area contributed by atoms with E-state index in [0.717, 1.165) is 6.42 Å². The van der Waals surface area contributed by atoms with Crippen LogP contribution in [0, 0.1) is 23.7 Å². The Balaban J connectivity index is 2.30. The van der Waals surface area contributed by atoms with Crippen molar-refractivity contribution >= 4 is 11.6 Å². The molecule has 0 heterocycles. The first kappa shape index (κ1) is 8.67. The SMILES string of the molecule is CC(=O)C1C2C=C[C@H](C2)C1C(C)=O. The molecule has 2 bridgehead atoms. The molecule has 2 aliphatic carbocycles. The average Bonchev–Trinajstić information content (AvgIpc) is 2.60. The lowest BCUT2D eigenvalue weighted by Crippen LogP contribution is -2.30. The van der Waals surface area contributed by atoms with Gasteiger partial charge in [-0.15, -0.1) is 0 Å². The predicted molar refractivity (Wildman–Crippen MR) is 49.1 cm³/mol. The first-order valence-electron chi connectivity index (χ1n) is 4.80. The summed E-state index contributed by atoms with van der Waals surface area (Å²) in [5.74, 6) is 1.00. The zero-order valence-corrected chi connectivity index (χ0v) is 7.99. The van der Waals surface area contributed by atoms with E-state index in [9.17, 15) is 9.59 Å². The Morgan fingerprint density at radius 2 is 1.38 bits per heavy atom. The summed E-state index contributed by atoms with van der Waals surface area (Å²) in [6, 6.07) is 0. The highest BCUT2D eigenvalue weighted by molar-refractivity contribution is 5.89. The Morgan fingerprint density at radius 1 is 1.00 bits per heavy atom. The Hall–Kier alpha value is -0.920. The lowest BCUT2D eigenvalue weighted by molar-refractivity contribution is -0.130. The molecule has 0 aliphatic heterocycles. The van der Waals surface area contributed by atoms with Crippen molar-refractivity contribution in [3.8, 4) is 0 Å². The Labute approximate surface area is 78.0 Å². The molecule has 0 aromatic carbocycles. The van der Waals surface area contributed by atoms with Gasteiger partial charge in [-0.3, -0.25) is 9.59 Å². The maximum absolute atomic E-state index is 11.4. The van der Waals surface area contributed by atoms with E-state index in [0.29, 0.717) is 11.8 Å². The number of carbonyl (C=O) groups is 2. The Bertz CT molecular complexity index is 262. The second kappa shape index (κ2) is 2.79. The molecule has 2 heteroatoms. The highest BCUT2D eigenvalue weighted by Gasteiger charge is 2.48. The maximum atomic E-state index is 11.4. The Morgan fingerprint density at radius 3 is 1.69 bits per heavy atom. The van der Waals surface area contributed by atoms with E-state index >= 15 is 0 Å². The third kappa shape index (κ3) is 1.16. The maximum Gasteiger partial charge on any atom is 0.134 e. The molecule has 0 amide bonds. The van der Waals surface area contributed by atoms with Gasteiger partial charge >= 0.3 is 0 Å². The van der Waals surface area contributed by atoms with E-state index in [1.54, 1.807) is 13.8 Å². The summed E-state index contributed by atoms with van der Waals surface area (Å²) in [6.45, 7) is 3.21. The van der Waals surface area contributed by atoms with Crippen LogP contribution in [-0.2, 0) is 9.59 Å². The van der Waals surface area contributed by atoms with Crippen LogP contribution in [0.5, 0.6) is 0 Å². The van der Waals surface area contributed by atoms with Crippen LogP contribution < -0.4 is 0 Å². The fourth-order valence-corrected chi connectivity index (χ4v) is 2.93. The molecule has 0 spiro atoms. The van der Waals surface area contributed by atoms with Gasteiger partial charge in [-0.2, -0.15) is 0 Å². The van der Waals surface area contributed by atoms with Crippen LogP contribution in [0.2, 0.25) is 0 Å². The standard InChI is InChI=1S/C11H14O2/c1-6(12)10-8-3-4-9(5-8)11(10)7(2)13/h3-4,8-11H,5H2,1-2H3/t8-,9?,10?,11?/m1/s1. The molecule has 0 aromatic heterocycles. The van der Waals surface area contributed by atoms with Crippen molar-refractivity contribution in [1.82, 2.24) is 0 Å². The number of hydrogen-bond acceptors (Lipinski definition) is 2. The van der Waals surface area contributed by atoms with Crippen molar-refractivity contribution in [2.24, 2.45) is 23.7 Å². The van der Waals surface area contributed by atoms with Crippen molar-refractivity contribution in [3.05, 3.63) is 12.2 Å². The number of hydrogen-bond donors (Lipinski definition) is 0. The fourth-order valence-electron chi connectivity index (χ4n) is 2.93. The number of carbonyl (C=O) groups excluding carboxylic acids is 2. The number of rotatable bonds is 2. The minimum Gasteiger partial charge on any atom is -0.300 e. The van der Waals surface area contributed by atoms with Gasteiger partial charge < -0.3 is 0 Å². The molecule has 2 aliphatic rings. The summed E-state index contributed by atoms with van der Waals surface area (Å²) in [6.07, 6.45) is 5.22. The minimum atomic E-state index is -0.0208. The van der Waals surface area contributed by atoms with Crippen LogP contribution in [0.4, 0.5) is 0 Å². The summed E-state index contributed by atoms with van der Waals surface area (Å²) in [7, 11) is 0. The van der Waals surface area contributed by atoms with Gasteiger partial charge in [0.15, 0.2) is 0 Å². The molecule has 70 valence electrons. The van der Waals surface area contributed by atoms with Crippen LogP contribution in [0.3, 0.4) is 0 Å². The van der Waals surface area contributed by atoms with Crippen LogP contribution in [0.25, 0.3) is 0 Å². The molecule has 1 fully saturated rings.